The fraction of sp³-hybridized carbons (Fsp3) is 0.0714. The molecule has 0 aliphatic heterocycles. The molecule has 0 saturated heterocycles. The molecule has 0 bridgehead atoms. The van der Waals surface area contributed by atoms with E-state index in [9.17, 15) is 9.18 Å². The lowest BCUT2D eigenvalue weighted by Gasteiger charge is -2.09. The quantitative estimate of drug-likeness (QED) is 0.930. The standard InChI is InChI=1S/C14H11ClFNO2/c15-10-5-1-4-8-13(10)19-9-14(18)17-12-7-3-2-6-11(12)16/h1-8H,9H2,(H,17,18). The van der Waals surface area contributed by atoms with Crippen molar-refractivity contribution < 1.29 is 13.9 Å². The van der Waals surface area contributed by atoms with Gasteiger partial charge in [0.2, 0.25) is 0 Å². The van der Waals surface area contributed by atoms with Gasteiger partial charge in [-0.3, -0.25) is 4.79 Å². The molecule has 0 atom stereocenters. The lowest BCUT2D eigenvalue weighted by atomic mass is 10.3. The van der Waals surface area contributed by atoms with Crippen LogP contribution in [0, 0.1) is 5.82 Å². The first-order valence-corrected chi connectivity index (χ1v) is 5.96. The lowest BCUT2D eigenvalue weighted by Crippen LogP contribution is -2.20. The van der Waals surface area contributed by atoms with E-state index in [0.717, 1.165) is 0 Å². The summed E-state index contributed by atoms with van der Waals surface area (Å²) in [6, 6.07) is 12.7. The Balaban J connectivity index is 1.92. The third-order valence-corrected chi connectivity index (χ3v) is 2.66. The molecule has 98 valence electrons. The Morgan fingerprint density at radius 2 is 1.84 bits per heavy atom. The second-order valence-corrected chi connectivity index (χ2v) is 4.15. The maximum Gasteiger partial charge on any atom is 0.262 e. The molecule has 0 aliphatic carbocycles. The summed E-state index contributed by atoms with van der Waals surface area (Å²) in [7, 11) is 0. The van der Waals surface area contributed by atoms with Crippen LogP contribution in [0.25, 0.3) is 0 Å². The molecule has 1 amide bonds. The molecule has 1 N–H and O–H groups in total. The molecule has 0 fully saturated rings. The highest BCUT2D eigenvalue weighted by molar-refractivity contribution is 6.32. The molecule has 2 aromatic carbocycles. The van der Waals surface area contributed by atoms with Crippen LogP contribution in [0.3, 0.4) is 0 Å². The summed E-state index contributed by atoms with van der Waals surface area (Å²) >= 11 is 5.88. The number of halogens is 2. The van der Waals surface area contributed by atoms with Crippen molar-refractivity contribution in [3.05, 3.63) is 59.4 Å². The molecule has 0 aliphatic rings. The van der Waals surface area contributed by atoms with E-state index in [1.807, 2.05) is 0 Å². The third-order valence-electron chi connectivity index (χ3n) is 2.34. The Morgan fingerprint density at radius 3 is 2.58 bits per heavy atom. The normalized spacial score (nSPS) is 10.0. The van der Waals surface area contributed by atoms with Crippen LogP contribution in [-0.4, -0.2) is 12.5 Å². The Hall–Kier alpha value is -2.07. The van der Waals surface area contributed by atoms with Crippen LogP contribution in [-0.2, 0) is 4.79 Å². The number of carbonyl (C=O) groups is 1. The number of carbonyl (C=O) groups excluding carboxylic acids is 1. The molecule has 5 heteroatoms. The smallest absolute Gasteiger partial charge is 0.262 e. The Labute approximate surface area is 115 Å². The van der Waals surface area contributed by atoms with Crippen LogP contribution in [0.5, 0.6) is 5.75 Å². The molecule has 3 nitrogen and oxygen atoms in total. The van der Waals surface area contributed by atoms with E-state index < -0.39 is 11.7 Å². The van der Waals surface area contributed by atoms with E-state index in [4.69, 9.17) is 16.3 Å². The van der Waals surface area contributed by atoms with E-state index in [1.165, 1.54) is 12.1 Å². The van der Waals surface area contributed by atoms with Crippen LogP contribution in [0.15, 0.2) is 48.5 Å². The molecule has 2 aromatic rings. The first-order chi connectivity index (χ1) is 9.16. The Kier molecular flexibility index (Phi) is 4.36. The minimum Gasteiger partial charge on any atom is -0.482 e. The van der Waals surface area contributed by atoms with Crippen molar-refractivity contribution in [1.29, 1.82) is 0 Å². The van der Waals surface area contributed by atoms with Gasteiger partial charge in [-0.25, -0.2) is 4.39 Å². The van der Waals surface area contributed by atoms with Gasteiger partial charge < -0.3 is 10.1 Å². The van der Waals surface area contributed by atoms with Gasteiger partial charge in [-0.2, -0.15) is 0 Å². The van der Waals surface area contributed by atoms with Crippen molar-refractivity contribution in [2.45, 2.75) is 0 Å². The van der Waals surface area contributed by atoms with Gasteiger partial charge in [0.1, 0.15) is 11.6 Å². The molecule has 2 rings (SSSR count). The summed E-state index contributed by atoms with van der Waals surface area (Å²) in [5, 5.41) is 2.84. The number of nitrogens with one attached hydrogen (secondary N) is 1. The first kappa shape index (κ1) is 13.4. The molecule has 0 radical (unpaired) electrons. The van der Waals surface area contributed by atoms with E-state index in [0.29, 0.717) is 10.8 Å². The van der Waals surface area contributed by atoms with E-state index in [1.54, 1.807) is 36.4 Å². The van der Waals surface area contributed by atoms with Gasteiger partial charge in [0, 0.05) is 0 Å². The highest BCUT2D eigenvalue weighted by Gasteiger charge is 2.08. The SMILES string of the molecule is O=C(COc1ccccc1Cl)Nc1ccccc1F. The average Bonchev–Trinajstić information content (AvgIpc) is 2.40. The molecule has 19 heavy (non-hydrogen) atoms. The molecule has 0 saturated carbocycles. The predicted molar refractivity (Wildman–Crippen MR) is 72.0 cm³/mol. The Bertz CT molecular complexity index is 589. The van der Waals surface area contributed by atoms with Gasteiger partial charge in [0.05, 0.1) is 10.7 Å². The molecular weight excluding hydrogens is 269 g/mol. The number of anilines is 1. The van der Waals surface area contributed by atoms with Crippen LogP contribution < -0.4 is 10.1 Å². The first-order valence-electron chi connectivity index (χ1n) is 5.58. The zero-order chi connectivity index (χ0) is 13.7. The third kappa shape index (κ3) is 3.69. The zero-order valence-electron chi connectivity index (χ0n) is 9.90. The summed E-state index contributed by atoms with van der Waals surface area (Å²) < 4.78 is 18.5. The molecule has 0 heterocycles. The lowest BCUT2D eigenvalue weighted by molar-refractivity contribution is -0.118. The fourth-order valence-corrected chi connectivity index (χ4v) is 1.64. The minimum absolute atomic E-state index is 0.121. The van der Waals surface area contributed by atoms with Crippen molar-refractivity contribution in [2.75, 3.05) is 11.9 Å². The molecule has 0 spiro atoms. The van der Waals surface area contributed by atoms with Crippen molar-refractivity contribution in [3.8, 4) is 5.75 Å². The fourth-order valence-electron chi connectivity index (χ4n) is 1.45. The van der Waals surface area contributed by atoms with Gasteiger partial charge in [0.15, 0.2) is 6.61 Å². The number of hydrogen-bond donors (Lipinski definition) is 1. The summed E-state index contributed by atoms with van der Waals surface area (Å²) in [6.45, 7) is -0.238. The van der Waals surface area contributed by atoms with Crippen molar-refractivity contribution in [3.63, 3.8) is 0 Å². The number of hydrogen-bond acceptors (Lipinski definition) is 2. The average molecular weight is 280 g/mol. The van der Waals surface area contributed by atoms with E-state index in [-0.39, 0.29) is 12.3 Å². The van der Waals surface area contributed by atoms with Crippen LogP contribution in [0.2, 0.25) is 5.02 Å². The van der Waals surface area contributed by atoms with Gasteiger partial charge >= 0.3 is 0 Å². The summed E-state index contributed by atoms with van der Waals surface area (Å²) in [6.07, 6.45) is 0. The molecular formula is C14H11ClFNO2. The summed E-state index contributed by atoms with van der Waals surface area (Å²) in [5.41, 5.74) is 0.121. The maximum atomic E-state index is 13.3. The van der Waals surface area contributed by atoms with E-state index >= 15 is 0 Å². The van der Waals surface area contributed by atoms with Gasteiger partial charge in [-0.05, 0) is 24.3 Å². The largest absolute Gasteiger partial charge is 0.482 e. The van der Waals surface area contributed by atoms with Crippen LogP contribution >= 0.6 is 11.6 Å². The van der Waals surface area contributed by atoms with Gasteiger partial charge in [0.25, 0.3) is 5.91 Å². The van der Waals surface area contributed by atoms with E-state index in [2.05, 4.69) is 5.32 Å². The van der Waals surface area contributed by atoms with Crippen LogP contribution in [0.1, 0.15) is 0 Å². The van der Waals surface area contributed by atoms with Gasteiger partial charge in [-0.15, -0.1) is 0 Å². The van der Waals surface area contributed by atoms with Gasteiger partial charge in [-0.1, -0.05) is 35.9 Å². The maximum absolute atomic E-state index is 13.3. The summed E-state index contributed by atoms with van der Waals surface area (Å²) in [5.74, 6) is -0.536. The monoisotopic (exact) mass is 279 g/mol. The number of amides is 1. The highest BCUT2D eigenvalue weighted by atomic mass is 35.5. The topological polar surface area (TPSA) is 38.3 Å². The predicted octanol–water partition coefficient (Wildman–Crippen LogP) is 3.50. The van der Waals surface area contributed by atoms with Crippen molar-refractivity contribution in [1.82, 2.24) is 0 Å². The summed E-state index contributed by atoms with van der Waals surface area (Å²) in [4.78, 5) is 11.6. The number of para-hydroxylation sites is 2. The Morgan fingerprint density at radius 1 is 1.16 bits per heavy atom. The number of rotatable bonds is 4. The highest BCUT2D eigenvalue weighted by Crippen LogP contribution is 2.23. The number of benzene rings is 2. The zero-order valence-corrected chi connectivity index (χ0v) is 10.7. The second-order valence-electron chi connectivity index (χ2n) is 3.75. The molecule has 0 unspecified atom stereocenters. The van der Waals surface area contributed by atoms with Crippen molar-refractivity contribution >= 4 is 23.2 Å². The second kappa shape index (κ2) is 6.20. The van der Waals surface area contributed by atoms with Crippen LogP contribution in [0.4, 0.5) is 10.1 Å². The van der Waals surface area contributed by atoms with Crippen molar-refractivity contribution in [2.24, 2.45) is 0 Å². The minimum atomic E-state index is -0.492. The number of ether oxygens (including phenoxy) is 1. The molecule has 0 aromatic heterocycles.